The van der Waals surface area contributed by atoms with Crippen LogP contribution in [0.4, 0.5) is 0 Å². The summed E-state index contributed by atoms with van der Waals surface area (Å²) in [5.74, 6) is 0.0627. The van der Waals surface area contributed by atoms with Crippen LogP contribution in [0.25, 0.3) is 10.8 Å². The molecule has 3 aromatic rings. The van der Waals surface area contributed by atoms with Gasteiger partial charge >= 0.3 is 5.97 Å². The summed E-state index contributed by atoms with van der Waals surface area (Å²) >= 11 is 0. The van der Waals surface area contributed by atoms with Gasteiger partial charge in [-0.15, -0.1) is 0 Å². The molecule has 0 saturated carbocycles. The SMILES string of the molecule is O=C(O)c1cc(Oc2cccc3ccccc23)ccn1. The minimum atomic E-state index is -1.08. The molecule has 1 heterocycles. The van der Waals surface area contributed by atoms with Gasteiger partial charge in [-0.1, -0.05) is 36.4 Å². The number of ether oxygens (including phenoxy) is 1. The second-order valence-corrected chi connectivity index (χ2v) is 4.26. The van der Waals surface area contributed by atoms with Crippen LogP contribution >= 0.6 is 0 Å². The maximum Gasteiger partial charge on any atom is 0.354 e. The van der Waals surface area contributed by atoms with Gasteiger partial charge < -0.3 is 9.84 Å². The van der Waals surface area contributed by atoms with E-state index in [1.165, 1.54) is 12.3 Å². The van der Waals surface area contributed by atoms with Crippen molar-refractivity contribution in [2.75, 3.05) is 0 Å². The number of carboxylic acids is 1. The van der Waals surface area contributed by atoms with Crippen LogP contribution < -0.4 is 4.74 Å². The van der Waals surface area contributed by atoms with Gasteiger partial charge in [0.1, 0.15) is 11.5 Å². The van der Waals surface area contributed by atoms with Gasteiger partial charge in [-0.05, 0) is 17.5 Å². The molecule has 0 radical (unpaired) electrons. The summed E-state index contributed by atoms with van der Waals surface area (Å²) in [5.41, 5.74) is -0.0391. The Morgan fingerprint density at radius 1 is 1.05 bits per heavy atom. The predicted molar refractivity (Wildman–Crippen MR) is 75.2 cm³/mol. The third-order valence-corrected chi connectivity index (χ3v) is 2.93. The Labute approximate surface area is 115 Å². The monoisotopic (exact) mass is 265 g/mol. The Balaban J connectivity index is 2.01. The van der Waals surface area contributed by atoms with Gasteiger partial charge in [0, 0.05) is 17.6 Å². The molecule has 4 nitrogen and oxygen atoms in total. The molecule has 1 N–H and O–H groups in total. The minimum absolute atomic E-state index is 0.0391. The molecule has 1 aromatic heterocycles. The molecule has 3 rings (SSSR count). The predicted octanol–water partition coefficient (Wildman–Crippen LogP) is 3.73. The number of hydrogen-bond acceptors (Lipinski definition) is 3. The molecule has 0 atom stereocenters. The summed E-state index contributed by atoms with van der Waals surface area (Å²) in [6.07, 6.45) is 1.42. The third-order valence-electron chi connectivity index (χ3n) is 2.93. The summed E-state index contributed by atoms with van der Waals surface area (Å²) < 4.78 is 5.78. The van der Waals surface area contributed by atoms with Crippen molar-refractivity contribution >= 4 is 16.7 Å². The summed E-state index contributed by atoms with van der Waals surface area (Å²) in [6, 6.07) is 16.6. The van der Waals surface area contributed by atoms with Crippen LogP contribution in [0.1, 0.15) is 10.5 Å². The molecular formula is C16H11NO3. The molecule has 0 fully saturated rings. The molecule has 0 aliphatic heterocycles. The van der Waals surface area contributed by atoms with Gasteiger partial charge in [0.05, 0.1) is 0 Å². The lowest BCUT2D eigenvalue weighted by atomic mass is 10.1. The minimum Gasteiger partial charge on any atom is -0.477 e. The van der Waals surface area contributed by atoms with E-state index >= 15 is 0 Å². The molecule has 0 aliphatic carbocycles. The van der Waals surface area contributed by atoms with Gasteiger partial charge in [0.15, 0.2) is 5.69 Å². The second-order valence-electron chi connectivity index (χ2n) is 4.26. The van der Waals surface area contributed by atoms with Crippen molar-refractivity contribution in [3.8, 4) is 11.5 Å². The van der Waals surface area contributed by atoms with Crippen molar-refractivity contribution in [1.29, 1.82) is 0 Å². The number of hydrogen-bond donors (Lipinski definition) is 1. The number of nitrogens with zero attached hydrogens (tertiary/aromatic N) is 1. The molecule has 2 aromatic carbocycles. The Kier molecular flexibility index (Phi) is 3.05. The topological polar surface area (TPSA) is 59.4 Å². The molecule has 0 amide bonds. The highest BCUT2D eigenvalue weighted by Crippen LogP contribution is 2.29. The number of benzene rings is 2. The molecular weight excluding hydrogens is 254 g/mol. The standard InChI is InChI=1S/C16H11NO3/c18-16(19)14-10-12(8-9-17-14)20-15-7-3-5-11-4-1-2-6-13(11)15/h1-10H,(H,18,19). The number of pyridine rings is 1. The first-order valence-electron chi connectivity index (χ1n) is 6.09. The van der Waals surface area contributed by atoms with Gasteiger partial charge in [-0.3, -0.25) is 0 Å². The number of aromatic carboxylic acids is 1. The van der Waals surface area contributed by atoms with Gasteiger partial charge in [-0.25, -0.2) is 9.78 Å². The van der Waals surface area contributed by atoms with Gasteiger partial charge in [0.2, 0.25) is 0 Å². The van der Waals surface area contributed by atoms with E-state index in [4.69, 9.17) is 9.84 Å². The van der Waals surface area contributed by atoms with Crippen LogP contribution in [0, 0.1) is 0 Å². The van der Waals surface area contributed by atoms with Crippen LogP contribution in [-0.4, -0.2) is 16.1 Å². The number of aromatic nitrogens is 1. The first kappa shape index (κ1) is 12.2. The van der Waals surface area contributed by atoms with E-state index in [2.05, 4.69) is 4.98 Å². The van der Waals surface area contributed by atoms with Crippen LogP contribution in [0.15, 0.2) is 60.8 Å². The number of carbonyl (C=O) groups is 1. The van der Waals surface area contributed by atoms with E-state index in [0.29, 0.717) is 11.5 Å². The average molecular weight is 265 g/mol. The highest BCUT2D eigenvalue weighted by molar-refractivity contribution is 5.88. The summed E-state index contributed by atoms with van der Waals surface area (Å²) in [4.78, 5) is 14.7. The van der Waals surface area contributed by atoms with Crippen molar-refractivity contribution in [3.63, 3.8) is 0 Å². The lowest BCUT2D eigenvalue weighted by Crippen LogP contribution is -1.99. The molecule has 20 heavy (non-hydrogen) atoms. The summed E-state index contributed by atoms with van der Waals surface area (Å²) in [5, 5.41) is 11.0. The van der Waals surface area contributed by atoms with Crippen molar-refractivity contribution in [2.45, 2.75) is 0 Å². The van der Waals surface area contributed by atoms with Crippen LogP contribution in [0.3, 0.4) is 0 Å². The zero-order valence-corrected chi connectivity index (χ0v) is 10.5. The van der Waals surface area contributed by atoms with E-state index in [-0.39, 0.29) is 5.69 Å². The fourth-order valence-corrected chi connectivity index (χ4v) is 2.00. The van der Waals surface area contributed by atoms with Gasteiger partial charge in [0.25, 0.3) is 0 Å². The normalized spacial score (nSPS) is 10.4. The molecule has 0 aliphatic rings. The van der Waals surface area contributed by atoms with Gasteiger partial charge in [-0.2, -0.15) is 0 Å². The largest absolute Gasteiger partial charge is 0.477 e. The quantitative estimate of drug-likeness (QED) is 0.784. The van der Waals surface area contributed by atoms with E-state index in [1.54, 1.807) is 6.07 Å². The maximum absolute atomic E-state index is 10.9. The molecule has 0 spiro atoms. The first-order valence-corrected chi connectivity index (χ1v) is 6.09. The number of carboxylic acid groups (broad SMARTS) is 1. The molecule has 4 heteroatoms. The third kappa shape index (κ3) is 2.31. The smallest absolute Gasteiger partial charge is 0.354 e. The molecule has 0 unspecified atom stereocenters. The Morgan fingerprint density at radius 2 is 1.85 bits per heavy atom. The zero-order valence-electron chi connectivity index (χ0n) is 10.5. The van der Waals surface area contributed by atoms with Crippen molar-refractivity contribution in [3.05, 3.63) is 66.5 Å². The summed E-state index contributed by atoms with van der Waals surface area (Å²) in [7, 11) is 0. The highest BCUT2D eigenvalue weighted by Gasteiger charge is 2.07. The van der Waals surface area contributed by atoms with Crippen molar-refractivity contribution in [1.82, 2.24) is 4.98 Å². The van der Waals surface area contributed by atoms with E-state index < -0.39 is 5.97 Å². The highest BCUT2D eigenvalue weighted by atomic mass is 16.5. The average Bonchev–Trinajstić information content (AvgIpc) is 2.48. The molecule has 0 bridgehead atoms. The van der Waals surface area contributed by atoms with Crippen molar-refractivity contribution in [2.24, 2.45) is 0 Å². The lowest BCUT2D eigenvalue weighted by Gasteiger charge is -2.09. The maximum atomic E-state index is 10.9. The molecule has 98 valence electrons. The van der Waals surface area contributed by atoms with E-state index in [9.17, 15) is 4.79 Å². The van der Waals surface area contributed by atoms with Crippen molar-refractivity contribution < 1.29 is 14.6 Å². The summed E-state index contributed by atoms with van der Waals surface area (Å²) in [6.45, 7) is 0. The van der Waals surface area contributed by atoms with Crippen LogP contribution in [-0.2, 0) is 0 Å². The fourth-order valence-electron chi connectivity index (χ4n) is 2.00. The Morgan fingerprint density at radius 3 is 2.70 bits per heavy atom. The first-order chi connectivity index (χ1) is 9.74. The lowest BCUT2D eigenvalue weighted by molar-refractivity contribution is 0.0690. The fraction of sp³-hybridized carbons (Fsp3) is 0. The Bertz CT molecular complexity index is 778. The second kappa shape index (κ2) is 5.01. The van der Waals surface area contributed by atoms with E-state index in [0.717, 1.165) is 10.8 Å². The molecule has 0 saturated heterocycles. The van der Waals surface area contributed by atoms with Crippen LogP contribution in [0.2, 0.25) is 0 Å². The Hall–Kier alpha value is -2.88. The number of rotatable bonds is 3. The van der Waals surface area contributed by atoms with Crippen LogP contribution in [0.5, 0.6) is 11.5 Å². The zero-order chi connectivity index (χ0) is 13.9. The number of fused-ring (bicyclic) bond motifs is 1. The van der Waals surface area contributed by atoms with E-state index in [1.807, 2.05) is 42.5 Å².